The van der Waals surface area contributed by atoms with Crippen molar-refractivity contribution in [2.75, 3.05) is 7.11 Å². The van der Waals surface area contributed by atoms with E-state index < -0.39 is 0 Å². The van der Waals surface area contributed by atoms with Gasteiger partial charge in [0.1, 0.15) is 0 Å². The molecular weight excluding hydrogens is 168 g/mol. The van der Waals surface area contributed by atoms with E-state index in [9.17, 15) is 0 Å². The van der Waals surface area contributed by atoms with Crippen LogP contribution in [0.25, 0.3) is 0 Å². The van der Waals surface area contributed by atoms with Gasteiger partial charge in [0.2, 0.25) is 0 Å². The maximum Gasteiger partial charge on any atom is 0.152 e. The van der Waals surface area contributed by atoms with Crippen molar-refractivity contribution in [2.24, 2.45) is 0 Å². The number of ether oxygens (including phenoxy) is 1. The van der Waals surface area contributed by atoms with Gasteiger partial charge in [-0.1, -0.05) is 5.92 Å². The summed E-state index contributed by atoms with van der Waals surface area (Å²) in [5.41, 5.74) is 1.26. The van der Waals surface area contributed by atoms with Crippen molar-refractivity contribution in [3.8, 4) is 11.8 Å². The van der Waals surface area contributed by atoms with Crippen LogP contribution in [-0.2, 0) is 4.74 Å². The van der Waals surface area contributed by atoms with Gasteiger partial charge in [-0.15, -0.1) is 17.3 Å². The molecule has 1 aromatic rings. The predicted octanol–water partition coefficient (Wildman–Crippen LogP) is 2.77. The summed E-state index contributed by atoms with van der Waals surface area (Å²) < 4.78 is 5.25. The summed E-state index contributed by atoms with van der Waals surface area (Å²) in [5, 5.41) is 2.06. The lowest BCUT2D eigenvalue weighted by molar-refractivity contribution is 0.152. The first-order valence-electron chi connectivity index (χ1n) is 3.78. The first-order valence-corrected chi connectivity index (χ1v) is 4.66. The largest absolute Gasteiger partial charge is 0.363 e. The summed E-state index contributed by atoms with van der Waals surface area (Å²) in [6.07, 6.45) is -0.0463. The number of methoxy groups -OCH3 is 1. The van der Waals surface area contributed by atoms with Gasteiger partial charge < -0.3 is 4.74 Å². The third-order valence-electron chi connectivity index (χ3n) is 1.65. The fourth-order valence-corrected chi connectivity index (χ4v) is 1.97. The normalized spacial score (nSPS) is 11.9. The van der Waals surface area contributed by atoms with Crippen molar-refractivity contribution < 1.29 is 4.74 Å². The fraction of sp³-hybridized carbons (Fsp3) is 0.400. The van der Waals surface area contributed by atoms with Crippen LogP contribution in [0.4, 0.5) is 0 Å². The van der Waals surface area contributed by atoms with Crippen LogP contribution in [0.3, 0.4) is 0 Å². The van der Waals surface area contributed by atoms with Crippen LogP contribution >= 0.6 is 11.3 Å². The van der Waals surface area contributed by atoms with Gasteiger partial charge in [0, 0.05) is 12.0 Å². The molecule has 0 aliphatic rings. The summed E-state index contributed by atoms with van der Waals surface area (Å²) in [6, 6.07) is 2.09. The van der Waals surface area contributed by atoms with E-state index in [0.29, 0.717) is 0 Å². The Balaban J connectivity index is 2.91. The molecule has 0 aliphatic heterocycles. The van der Waals surface area contributed by atoms with Crippen LogP contribution in [0.5, 0.6) is 0 Å². The molecule has 1 nitrogen and oxygen atoms in total. The van der Waals surface area contributed by atoms with E-state index >= 15 is 0 Å². The van der Waals surface area contributed by atoms with E-state index in [1.165, 1.54) is 10.4 Å². The second-order valence-electron chi connectivity index (χ2n) is 2.48. The van der Waals surface area contributed by atoms with Crippen LogP contribution in [0.2, 0.25) is 0 Å². The molecule has 0 amide bonds. The number of aryl methyl sites for hydroxylation is 1. The minimum atomic E-state index is -0.0463. The molecule has 0 fully saturated rings. The molecule has 1 heterocycles. The fourth-order valence-electron chi connectivity index (χ4n) is 1.02. The molecule has 0 bridgehead atoms. The van der Waals surface area contributed by atoms with Crippen LogP contribution in [-0.4, -0.2) is 7.11 Å². The smallest absolute Gasteiger partial charge is 0.152 e. The Morgan fingerprint density at radius 1 is 1.58 bits per heavy atom. The highest BCUT2D eigenvalue weighted by Crippen LogP contribution is 2.25. The SMILES string of the molecule is CC#CC(OC)c1sccc1C. The Hall–Kier alpha value is -0.780. The van der Waals surface area contributed by atoms with Crippen molar-refractivity contribution in [3.05, 3.63) is 21.9 Å². The zero-order chi connectivity index (χ0) is 8.97. The third kappa shape index (κ3) is 1.88. The number of thiophene rings is 1. The van der Waals surface area contributed by atoms with E-state index in [1.54, 1.807) is 18.4 Å². The van der Waals surface area contributed by atoms with Gasteiger partial charge in [0.25, 0.3) is 0 Å². The lowest BCUT2D eigenvalue weighted by Gasteiger charge is -2.06. The van der Waals surface area contributed by atoms with Crippen molar-refractivity contribution in [1.29, 1.82) is 0 Å². The highest BCUT2D eigenvalue weighted by atomic mass is 32.1. The summed E-state index contributed by atoms with van der Waals surface area (Å²) in [6.45, 7) is 3.91. The van der Waals surface area contributed by atoms with Gasteiger partial charge in [-0.3, -0.25) is 0 Å². The molecule has 0 N–H and O–H groups in total. The molecule has 1 aromatic heterocycles. The summed E-state index contributed by atoms with van der Waals surface area (Å²) in [4.78, 5) is 1.21. The van der Waals surface area contributed by atoms with Crippen LogP contribution in [0, 0.1) is 18.8 Å². The molecule has 1 unspecified atom stereocenters. The molecule has 0 radical (unpaired) electrons. The Kier molecular flexibility index (Phi) is 3.33. The maximum absolute atomic E-state index is 5.25. The Morgan fingerprint density at radius 3 is 2.75 bits per heavy atom. The zero-order valence-electron chi connectivity index (χ0n) is 7.55. The Labute approximate surface area is 77.4 Å². The summed E-state index contributed by atoms with van der Waals surface area (Å²) in [5.74, 6) is 5.88. The second kappa shape index (κ2) is 4.30. The van der Waals surface area contributed by atoms with Gasteiger partial charge in [-0.05, 0) is 30.9 Å². The Morgan fingerprint density at radius 2 is 2.33 bits per heavy atom. The monoisotopic (exact) mass is 180 g/mol. The molecule has 12 heavy (non-hydrogen) atoms. The first-order chi connectivity index (χ1) is 5.79. The van der Waals surface area contributed by atoms with Crippen LogP contribution < -0.4 is 0 Å². The molecule has 0 saturated carbocycles. The highest BCUT2D eigenvalue weighted by Gasteiger charge is 2.10. The lowest BCUT2D eigenvalue weighted by Crippen LogP contribution is -1.96. The first kappa shape index (κ1) is 9.31. The molecule has 2 heteroatoms. The number of hydrogen-bond donors (Lipinski definition) is 0. The van der Waals surface area contributed by atoms with Gasteiger partial charge in [0.05, 0.1) is 0 Å². The van der Waals surface area contributed by atoms with Crippen LogP contribution in [0.15, 0.2) is 11.4 Å². The summed E-state index contributed by atoms with van der Waals surface area (Å²) in [7, 11) is 1.69. The standard InChI is InChI=1S/C10H12OS/c1-4-5-9(11-3)10-8(2)6-7-12-10/h6-7,9H,1-3H3. The zero-order valence-corrected chi connectivity index (χ0v) is 8.37. The average molecular weight is 180 g/mol. The number of hydrogen-bond acceptors (Lipinski definition) is 2. The van der Waals surface area contributed by atoms with Crippen molar-refractivity contribution in [2.45, 2.75) is 20.0 Å². The molecule has 0 spiro atoms. The molecule has 0 aromatic carbocycles. The van der Waals surface area contributed by atoms with E-state index in [4.69, 9.17) is 4.74 Å². The minimum absolute atomic E-state index is 0.0463. The topological polar surface area (TPSA) is 9.23 Å². The van der Waals surface area contributed by atoms with Gasteiger partial charge in [0.15, 0.2) is 6.10 Å². The molecule has 1 atom stereocenters. The molecular formula is C10H12OS. The van der Waals surface area contributed by atoms with E-state index in [2.05, 4.69) is 30.2 Å². The van der Waals surface area contributed by atoms with Gasteiger partial charge in [-0.25, -0.2) is 0 Å². The molecule has 0 saturated heterocycles. The van der Waals surface area contributed by atoms with Gasteiger partial charge >= 0.3 is 0 Å². The van der Waals surface area contributed by atoms with Crippen molar-refractivity contribution in [3.63, 3.8) is 0 Å². The number of rotatable bonds is 2. The van der Waals surface area contributed by atoms with E-state index in [-0.39, 0.29) is 6.10 Å². The summed E-state index contributed by atoms with van der Waals surface area (Å²) >= 11 is 1.69. The second-order valence-corrected chi connectivity index (χ2v) is 3.43. The third-order valence-corrected chi connectivity index (χ3v) is 2.71. The molecule has 64 valence electrons. The predicted molar refractivity (Wildman–Crippen MR) is 52.3 cm³/mol. The quantitative estimate of drug-likeness (QED) is 0.636. The van der Waals surface area contributed by atoms with E-state index in [1.807, 2.05) is 6.92 Å². The van der Waals surface area contributed by atoms with E-state index in [0.717, 1.165) is 0 Å². The Bertz CT molecular complexity index is 303. The minimum Gasteiger partial charge on any atom is -0.363 e. The highest BCUT2D eigenvalue weighted by molar-refractivity contribution is 7.10. The van der Waals surface area contributed by atoms with Gasteiger partial charge in [-0.2, -0.15) is 0 Å². The average Bonchev–Trinajstić information content (AvgIpc) is 2.47. The van der Waals surface area contributed by atoms with Crippen LogP contribution in [0.1, 0.15) is 23.5 Å². The van der Waals surface area contributed by atoms with Crippen molar-refractivity contribution >= 4 is 11.3 Å². The van der Waals surface area contributed by atoms with Crippen molar-refractivity contribution in [1.82, 2.24) is 0 Å². The lowest BCUT2D eigenvalue weighted by atomic mass is 10.2. The molecule has 0 aliphatic carbocycles. The molecule has 1 rings (SSSR count). The maximum atomic E-state index is 5.25.